The van der Waals surface area contributed by atoms with Crippen LogP contribution in [0, 0.1) is 12.3 Å². The molecule has 1 atom stereocenters. The number of amides is 1. The number of hydrogen-bond donors (Lipinski definition) is 0. The van der Waals surface area contributed by atoms with Gasteiger partial charge >= 0.3 is 6.09 Å². The molecule has 1 unspecified atom stereocenters. The Labute approximate surface area is 91.1 Å². The van der Waals surface area contributed by atoms with E-state index in [0.29, 0.717) is 13.0 Å². The zero-order chi connectivity index (χ0) is 11.5. The number of carbonyl (C=O) groups excluding carboxylic acids is 1. The van der Waals surface area contributed by atoms with E-state index in [4.69, 9.17) is 11.2 Å². The van der Waals surface area contributed by atoms with Gasteiger partial charge in [0.15, 0.2) is 0 Å². The van der Waals surface area contributed by atoms with Gasteiger partial charge in [0, 0.05) is 6.54 Å². The van der Waals surface area contributed by atoms with Gasteiger partial charge in [0.25, 0.3) is 0 Å². The molecule has 0 aromatic heterocycles. The lowest BCUT2D eigenvalue weighted by molar-refractivity contribution is 0.0224. The van der Waals surface area contributed by atoms with Gasteiger partial charge in [-0.05, 0) is 27.2 Å². The molecule has 0 radical (unpaired) electrons. The molecule has 1 aliphatic rings. The molecule has 0 saturated carbocycles. The Bertz CT molecular complexity index is 307. The highest BCUT2D eigenvalue weighted by Crippen LogP contribution is 2.16. The Balaban J connectivity index is 2.67. The van der Waals surface area contributed by atoms with Crippen LogP contribution in [0.25, 0.3) is 0 Å². The van der Waals surface area contributed by atoms with Crippen LogP contribution < -0.4 is 0 Å². The monoisotopic (exact) mass is 207 g/mol. The molecule has 82 valence electrons. The molecule has 0 spiro atoms. The summed E-state index contributed by atoms with van der Waals surface area (Å²) in [6, 6.07) is -0.176. The molecular formula is C12H17NO2. The maximum Gasteiger partial charge on any atom is 0.411 e. The van der Waals surface area contributed by atoms with Gasteiger partial charge in [-0.15, -0.1) is 6.42 Å². The predicted octanol–water partition coefficient (Wildman–Crippen LogP) is 2.19. The molecule has 1 rings (SSSR count). The fraction of sp³-hybridized carbons (Fsp3) is 0.583. The zero-order valence-electron chi connectivity index (χ0n) is 9.49. The van der Waals surface area contributed by atoms with Crippen molar-refractivity contribution in [3.05, 3.63) is 12.2 Å². The summed E-state index contributed by atoms with van der Waals surface area (Å²) in [5.41, 5.74) is -0.475. The molecule has 0 N–H and O–H groups in total. The van der Waals surface area contributed by atoms with E-state index in [1.807, 2.05) is 32.9 Å². The van der Waals surface area contributed by atoms with Crippen molar-refractivity contribution in [3.63, 3.8) is 0 Å². The maximum absolute atomic E-state index is 11.8. The predicted molar refractivity (Wildman–Crippen MR) is 59.3 cm³/mol. The summed E-state index contributed by atoms with van der Waals surface area (Å²) in [5, 5.41) is 0. The number of carbonyl (C=O) groups is 1. The fourth-order valence-corrected chi connectivity index (χ4v) is 1.35. The lowest BCUT2D eigenvalue weighted by atomic mass is 10.1. The summed E-state index contributed by atoms with van der Waals surface area (Å²) in [6.07, 6.45) is 9.65. The molecule has 0 fully saturated rings. The van der Waals surface area contributed by atoms with Gasteiger partial charge < -0.3 is 4.74 Å². The van der Waals surface area contributed by atoms with Gasteiger partial charge in [-0.2, -0.15) is 0 Å². The van der Waals surface area contributed by atoms with Gasteiger partial charge in [0.1, 0.15) is 5.60 Å². The molecular weight excluding hydrogens is 190 g/mol. The van der Waals surface area contributed by atoms with Crippen molar-refractivity contribution in [2.24, 2.45) is 0 Å². The van der Waals surface area contributed by atoms with E-state index >= 15 is 0 Å². The first-order valence-electron chi connectivity index (χ1n) is 5.05. The van der Waals surface area contributed by atoms with Crippen molar-refractivity contribution in [1.82, 2.24) is 4.90 Å². The Kier molecular flexibility index (Phi) is 3.41. The van der Waals surface area contributed by atoms with Gasteiger partial charge in [-0.3, -0.25) is 4.90 Å². The molecule has 1 aliphatic heterocycles. The lowest BCUT2D eigenvalue weighted by Gasteiger charge is -2.31. The number of ether oxygens (including phenoxy) is 1. The second kappa shape index (κ2) is 4.39. The first-order valence-corrected chi connectivity index (χ1v) is 5.05. The minimum atomic E-state index is -0.475. The highest BCUT2D eigenvalue weighted by atomic mass is 16.6. The minimum absolute atomic E-state index is 0.176. The van der Waals surface area contributed by atoms with E-state index in [-0.39, 0.29) is 12.1 Å². The molecule has 3 nitrogen and oxygen atoms in total. The summed E-state index contributed by atoms with van der Waals surface area (Å²) in [5.74, 6) is 2.59. The summed E-state index contributed by atoms with van der Waals surface area (Å²) < 4.78 is 5.27. The van der Waals surface area contributed by atoms with Crippen LogP contribution in [0.5, 0.6) is 0 Å². The lowest BCUT2D eigenvalue weighted by Crippen LogP contribution is -2.44. The average Bonchev–Trinajstić information content (AvgIpc) is 2.15. The van der Waals surface area contributed by atoms with Crippen molar-refractivity contribution in [2.75, 3.05) is 6.54 Å². The highest BCUT2D eigenvalue weighted by Gasteiger charge is 2.27. The first kappa shape index (κ1) is 11.6. The Hall–Kier alpha value is -1.43. The minimum Gasteiger partial charge on any atom is -0.444 e. The van der Waals surface area contributed by atoms with Crippen LogP contribution in [0.2, 0.25) is 0 Å². The van der Waals surface area contributed by atoms with Crippen molar-refractivity contribution < 1.29 is 9.53 Å². The Morgan fingerprint density at radius 3 is 2.73 bits per heavy atom. The Morgan fingerprint density at radius 2 is 2.20 bits per heavy atom. The van der Waals surface area contributed by atoms with Crippen LogP contribution >= 0.6 is 0 Å². The summed E-state index contributed by atoms with van der Waals surface area (Å²) in [7, 11) is 0. The first-order chi connectivity index (χ1) is 6.94. The van der Waals surface area contributed by atoms with Gasteiger partial charge in [-0.25, -0.2) is 4.79 Å². The van der Waals surface area contributed by atoms with Gasteiger partial charge in [-0.1, -0.05) is 18.1 Å². The summed E-state index contributed by atoms with van der Waals surface area (Å²) in [6.45, 7) is 6.06. The SMILES string of the molecule is C#CC1CC=CCN1C(=O)OC(C)(C)C. The topological polar surface area (TPSA) is 29.5 Å². The number of rotatable bonds is 0. The standard InChI is InChI=1S/C12H17NO2/c1-5-10-8-6-7-9-13(10)11(14)15-12(2,3)4/h1,6-7,10H,8-9H2,2-4H3. The molecule has 1 heterocycles. The normalized spacial score (nSPS) is 20.9. The van der Waals surface area contributed by atoms with Gasteiger partial charge in [0.2, 0.25) is 0 Å². The smallest absolute Gasteiger partial charge is 0.411 e. The van der Waals surface area contributed by atoms with E-state index < -0.39 is 5.60 Å². The largest absolute Gasteiger partial charge is 0.444 e. The van der Waals surface area contributed by atoms with Crippen molar-refractivity contribution in [2.45, 2.75) is 38.8 Å². The number of nitrogens with zero attached hydrogens (tertiary/aromatic N) is 1. The zero-order valence-corrected chi connectivity index (χ0v) is 9.49. The third-order valence-corrected chi connectivity index (χ3v) is 2.02. The highest BCUT2D eigenvalue weighted by molar-refractivity contribution is 5.69. The molecule has 1 amide bonds. The third-order valence-electron chi connectivity index (χ3n) is 2.02. The molecule has 0 aromatic carbocycles. The molecule has 0 aromatic rings. The molecule has 0 bridgehead atoms. The molecule has 15 heavy (non-hydrogen) atoms. The van der Waals surface area contributed by atoms with Crippen molar-refractivity contribution >= 4 is 6.09 Å². The van der Waals surface area contributed by atoms with Gasteiger partial charge in [0.05, 0.1) is 6.04 Å². The van der Waals surface area contributed by atoms with Crippen LogP contribution in [0.15, 0.2) is 12.2 Å². The van der Waals surface area contributed by atoms with Crippen LogP contribution in [0.3, 0.4) is 0 Å². The second-order valence-corrected chi connectivity index (χ2v) is 4.52. The molecule has 3 heteroatoms. The van der Waals surface area contributed by atoms with E-state index in [1.54, 1.807) is 4.90 Å². The van der Waals surface area contributed by atoms with Crippen molar-refractivity contribution in [1.29, 1.82) is 0 Å². The third kappa shape index (κ3) is 3.32. The summed E-state index contributed by atoms with van der Waals surface area (Å²) in [4.78, 5) is 13.3. The number of hydrogen-bond acceptors (Lipinski definition) is 2. The number of terminal acetylenes is 1. The average molecular weight is 207 g/mol. The second-order valence-electron chi connectivity index (χ2n) is 4.52. The fourth-order valence-electron chi connectivity index (χ4n) is 1.35. The quantitative estimate of drug-likeness (QED) is 0.450. The van der Waals surface area contributed by atoms with Crippen LogP contribution in [0.4, 0.5) is 4.79 Å². The van der Waals surface area contributed by atoms with Crippen LogP contribution in [0.1, 0.15) is 27.2 Å². The molecule has 0 saturated heterocycles. The van der Waals surface area contributed by atoms with E-state index in [9.17, 15) is 4.79 Å². The Morgan fingerprint density at radius 1 is 1.53 bits per heavy atom. The van der Waals surface area contributed by atoms with Crippen LogP contribution in [-0.4, -0.2) is 29.2 Å². The maximum atomic E-state index is 11.8. The van der Waals surface area contributed by atoms with E-state index in [0.717, 1.165) is 0 Å². The van der Waals surface area contributed by atoms with Crippen LogP contribution in [-0.2, 0) is 4.74 Å². The summed E-state index contributed by atoms with van der Waals surface area (Å²) >= 11 is 0. The van der Waals surface area contributed by atoms with E-state index in [2.05, 4.69) is 5.92 Å². The van der Waals surface area contributed by atoms with Crippen molar-refractivity contribution in [3.8, 4) is 12.3 Å². The van der Waals surface area contributed by atoms with E-state index in [1.165, 1.54) is 0 Å². The molecule has 0 aliphatic carbocycles.